The Labute approximate surface area is 173 Å². The van der Waals surface area contributed by atoms with Gasteiger partial charge in [-0.2, -0.15) is 4.31 Å². The molecule has 2 aliphatic heterocycles. The van der Waals surface area contributed by atoms with Crippen LogP contribution in [0.5, 0.6) is 5.75 Å². The van der Waals surface area contributed by atoms with Crippen molar-refractivity contribution in [3.63, 3.8) is 0 Å². The van der Waals surface area contributed by atoms with E-state index in [1.54, 1.807) is 24.3 Å². The lowest BCUT2D eigenvalue weighted by Gasteiger charge is -2.38. The maximum atomic E-state index is 12.9. The number of piperazine rings is 1. The van der Waals surface area contributed by atoms with Gasteiger partial charge in [0, 0.05) is 39.3 Å². The molecular weight excluding hydrogens is 394 g/mol. The number of morpholine rings is 1. The molecule has 29 heavy (non-hydrogen) atoms. The average Bonchev–Trinajstić information content (AvgIpc) is 2.68. The van der Waals surface area contributed by atoms with E-state index < -0.39 is 10.0 Å². The molecule has 0 N–H and O–H groups in total. The maximum absolute atomic E-state index is 12.9. The maximum Gasteiger partial charge on any atom is 0.243 e. The van der Waals surface area contributed by atoms with Crippen LogP contribution in [-0.4, -0.2) is 93.1 Å². The fourth-order valence-electron chi connectivity index (χ4n) is 3.82. The Morgan fingerprint density at radius 2 is 1.66 bits per heavy atom. The molecule has 2 fully saturated rings. The summed E-state index contributed by atoms with van der Waals surface area (Å²) in [5, 5.41) is 0. The van der Waals surface area contributed by atoms with Gasteiger partial charge in [-0.05, 0) is 45.0 Å². The Kier molecular flexibility index (Phi) is 7.15. The van der Waals surface area contributed by atoms with Crippen LogP contribution in [0.1, 0.15) is 20.8 Å². The van der Waals surface area contributed by atoms with E-state index in [2.05, 4.69) is 0 Å². The molecule has 3 rings (SSSR count). The van der Waals surface area contributed by atoms with Gasteiger partial charge in [0.1, 0.15) is 5.75 Å². The molecule has 2 aliphatic rings. The third kappa shape index (κ3) is 5.48. The molecule has 0 unspecified atom stereocenters. The summed E-state index contributed by atoms with van der Waals surface area (Å²) in [4.78, 5) is 16.8. The highest BCUT2D eigenvalue weighted by Crippen LogP contribution is 2.21. The van der Waals surface area contributed by atoms with Crippen molar-refractivity contribution >= 4 is 15.9 Å². The highest BCUT2D eigenvalue weighted by atomic mass is 32.2. The smallest absolute Gasteiger partial charge is 0.243 e. The summed E-state index contributed by atoms with van der Waals surface area (Å²) in [6.07, 6.45) is 0.0811. The fourth-order valence-corrected chi connectivity index (χ4v) is 5.25. The number of carbonyl (C=O) groups excluding carboxylic acids is 1. The van der Waals surface area contributed by atoms with Gasteiger partial charge in [-0.1, -0.05) is 0 Å². The zero-order valence-electron chi connectivity index (χ0n) is 17.4. The van der Waals surface area contributed by atoms with Crippen molar-refractivity contribution in [1.29, 1.82) is 0 Å². The quantitative estimate of drug-likeness (QED) is 0.677. The second-order valence-electron chi connectivity index (χ2n) is 7.64. The standard InChI is InChI=1S/C20H31N3O5S/c1-4-27-18-5-7-19(8-6-18)29(25,26)23-11-9-21(10-12-23)15-20(24)22-13-16(2)28-17(3)14-22/h5-8,16-17H,4,9-15H2,1-3H3/t16-,17+. The van der Waals surface area contributed by atoms with Gasteiger partial charge in [0.05, 0.1) is 30.3 Å². The van der Waals surface area contributed by atoms with Gasteiger partial charge < -0.3 is 14.4 Å². The fraction of sp³-hybridized carbons (Fsp3) is 0.650. The first-order valence-corrected chi connectivity index (χ1v) is 11.6. The Hall–Kier alpha value is -1.68. The minimum atomic E-state index is -3.54. The molecule has 0 bridgehead atoms. The van der Waals surface area contributed by atoms with E-state index in [9.17, 15) is 13.2 Å². The van der Waals surface area contributed by atoms with Gasteiger partial charge in [-0.15, -0.1) is 0 Å². The first-order valence-electron chi connectivity index (χ1n) is 10.2. The number of ether oxygens (including phenoxy) is 2. The lowest BCUT2D eigenvalue weighted by molar-refractivity contribution is -0.144. The van der Waals surface area contributed by atoms with Crippen molar-refractivity contribution in [3.05, 3.63) is 24.3 Å². The van der Waals surface area contributed by atoms with Gasteiger partial charge in [-0.3, -0.25) is 9.69 Å². The summed E-state index contributed by atoms with van der Waals surface area (Å²) in [6.45, 7) is 9.72. The number of benzene rings is 1. The van der Waals surface area contributed by atoms with Gasteiger partial charge in [0.2, 0.25) is 15.9 Å². The molecule has 162 valence electrons. The summed E-state index contributed by atoms with van der Waals surface area (Å²) < 4.78 is 38.3. The van der Waals surface area contributed by atoms with Crippen LogP contribution >= 0.6 is 0 Å². The molecule has 2 atom stereocenters. The van der Waals surface area contributed by atoms with Crippen LogP contribution in [-0.2, 0) is 19.6 Å². The largest absolute Gasteiger partial charge is 0.494 e. The second-order valence-corrected chi connectivity index (χ2v) is 9.58. The normalized spacial score (nSPS) is 24.4. The molecule has 0 spiro atoms. The van der Waals surface area contributed by atoms with E-state index in [1.165, 1.54) is 4.31 Å². The number of nitrogens with zero attached hydrogens (tertiary/aromatic N) is 3. The average molecular weight is 426 g/mol. The molecular formula is C20H31N3O5S. The van der Waals surface area contributed by atoms with Crippen LogP contribution in [0, 0.1) is 0 Å². The van der Waals surface area contributed by atoms with Gasteiger partial charge >= 0.3 is 0 Å². The van der Waals surface area contributed by atoms with Crippen LogP contribution in [0.3, 0.4) is 0 Å². The molecule has 2 heterocycles. The van der Waals surface area contributed by atoms with E-state index >= 15 is 0 Å². The topological polar surface area (TPSA) is 79.4 Å². The second kappa shape index (κ2) is 9.42. The van der Waals surface area contributed by atoms with Crippen molar-refractivity contribution < 1.29 is 22.7 Å². The Bertz CT molecular complexity index is 781. The summed E-state index contributed by atoms with van der Waals surface area (Å²) in [7, 11) is -3.54. The van der Waals surface area contributed by atoms with E-state index in [0.29, 0.717) is 58.2 Å². The molecule has 0 aromatic heterocycles. The number of sulfonamides is 1. The van der Waals surface area contributed by atoms with E-state index in [1.807, 2.05) is 30.6 Å². The van der Waals surface area contributed by atoms with Crippen LogP contribution in [0.15, 0.2) is 29.2 Å². The summed E-state index contributed by atoms with van der Waals surface area (Å²) in [5.74, 6) is 0.733. The number of rotatable bonds is 6. The van der Waals surface area contributed by atoms with Crippen molar-refractivity contribution in [2.75, 3.05) is 52.4 Å². The SMILES string of the molecule is CCOc1ccc(S(=O)(=O)N2CCN(CC(=O)N3C[C@@H](C)O[C@@H](C)C3)CC2)cc1. The predicted molar refractivity (Wildman–Crippen MR) is 109 cm³/mol. The molecule has 0 saturated carbocycles. The zero-order valence-corrected chi connectivity index (χ0v) is 18.2. The number of amides is 1. The van der Waals surface area contributed by atoms with E-state index in [4.69, 9.17) is 9.47 Å². The first-order chi connectivity index (χ1) is 13.8. The van der Waals surface area contributed by atoms with Gasteiger partial charge in [0.15, 0.2) is 0 Å². The highest BCUT2D eigenvalue weighted by Gasteiger charge is 2.31. The number of hydrogen-bond donors (Lipinski definition) is 0. The van der Waals surface area contributed by atoms with E-state index in [0.717, 1.165) is 0 Å². The molecule has 1 aromatic carbocycles. The zero-order chi connectivity index (χ0) is 21.0. The summed E-state index contributed by atoms with van der Waals surface area (Å²) in [5.41, 5.74) is 0. The Morgan fingerprint density at radius 1 is 1.07 bits per heavy atom. The monoisotopic (exact) mass is 425 g/mol. The summed E-state index contributed by atoms with van der Waals surface area (Å²) in [6, 6.07) is 6.51. The van der Waals surface area contributed by atoms with Crippen LogP contribution in [0.2, 0.25) is 0 Å². The molecule has 0 radical (unpaired) electrons. The van der Waals surface area contributed by atoms with Crippen LogP contribution in [0.4, 0.5) is 0 Å². The molecule has 0 aliphatic carbocycles. The molecule has 1 aromatic rings. The minimum absolute atomic E-state index is 0.0406. The van der Waals surface area contributed by atoms with Crippen molar-refractivity contribution in [2.24, 2.45) is 0 Å². The predicted octanol–water partition coefficient (Wildman–Crippen LogP) is 1.03. The van der Waals surface area contributed by atoms with Gasteiger partial charge in [-0.25, -0.2) is 8.42 Å². The molecule has 1 amide bonds. The molecule has 9 heteroatoms. The van der Waals surface area contributed by atoms with Crippen molar-refractivity contribution in [3.8, 4) is 5.75 Å². The minimum Gasteiger partial charge on any atom is -0.494 e. The molecule has 2 saturated heterocycles. The Morgan fingerprint density at radius 3 is 2.21 bits per heavy atom. The lowest BCUT2D eigenvalue weighted by Crippen LogP contribution is -2.54. The van der Waals surface area contributed by atoms with Crippen LogP contribution < -0.4 is 4.74 Å². The van der Waals surface area contributed by atoms with Gasteiger partial charge in [0.25, 0.3) is 0 Å². The third-order valence-electron chi connectivity index (χ3n) is 5.23. The number of hydrogen-bond acceptors (Lipinski definition) is 6. The number of carbonyl (C=O) groups is 1. The first kappa shape index (κ1) is 22.0. The highest BCUT2D eigenvalue weighted by molar-refractivity contribution is 7.89. The summed E-state index contributed by atoms with van der Waals surface area (Å²) >= 11 is 0. The van der Waals surface area contributed by atoms with Crippen LogP contribution in [0.25, 0.3) is 0 Å². The third-order valence-corrected chi connectivity index (χ3v) is 7.15. The Balaban J connectivity index is 1.53. The molecule has 8 nitrogen and oxygen atoms in total. The lowest BCUT2D eigenvalue weighted by atomic mass is 10.2. The van der Waals surface area contributed by atoms with Crippen molar-refractivity contribution in [1.82, 2.24) is 14.1 Å². The van der Waals surface area contributed by atoms with Crippen molar-refractivity contribution in [2.45, 2.75) is 37.9 Å². The van der Waals surface area contributed by atoms with E-state index in [-0.39, 0.29) is 23.0 Å².